The van der Waals surface area contributed by atoms with Crippen LogP contribution in [0.3, 0.4) is 0 Å². The number of hydrogen-bond acceptors (Lipinski definition) is 27. The number of benzene rings is 11. The highest BCUT2D eigenvalue weighted by molar-refractivity contribution is 8.25. The fourth-order valence-corrected chi connectivity index (χ4v) is 22.3. The Hall–Kier alpha value is -13.1. The van der Waals surface area contributed by atoms with E-state index < -0.39 is 70.9 Å². The normalized spacial score (nSPS) is 17.5. The predicted molar refractivity (Wildman–Crippen MR) is 522 cm³/mol. The Kier molecular flexibility index (Phi) is 32.9. The molecule has 4 aliphatic heterocycles. The molecule has 4 fully saturated rings. The summed E-state index contributed by atoms with van der Waals surface area (Å²) in [6.07, 6.45) is 14.2. The maximum absolute atomic E-state index is 16.0. The van der Waals surface area contributed by atoms with Crippen molar-refractivity contribution in [3.05, 3.63) is 316 Å². The van der Waals surface area contributed by atoms with Crippen LogP contribution in [-0.4, -0.2) is 138 Å². The summed E-state index contributed by atoms with van der Waals surface area (Å²) >= 11 is 4.11. The Balaban J connectivity index is 0.497. The van der Waals surface area contributed by atoms with Crippen molar-refractivity contribution in [2.45, 2.75) is 161 Å². The smallest absolute Gasteiger partial charge is 0.350 e. The minimum atomic E-state index is -1.02. The summed E-state index contributed by atoms with van der Waals surface area (Å²) in [6.45, 7) is 15.5. The monoisotopic (exact) mass is 1960 g/mol. The van der Waals surface area contributed by atoms with Gasteiger partial charge in [-0.3, -0.25) is 4.79 Å². The van der Waals surface area contributed by atoms with Crippen LogP contribution in [0.1, 0.15) is 174 Å². The number of ether oxygens (including phenoxy) is 14. The second kappa shape index (κ2) is 46.8. The molecule has 6 aliphatic rings. The number of carbonyl (C=O) groups is 8. The van der Waals surface area contributed by atoms with Gasteiger partial charge in [-0.15, -0.1) is 0 Å². The summed E-state index contributed by atoms with van der Waals surface area (Å²) in [7, 11) is 0. The number of nitrogens with zero attached hydrogens (tertiary/aromatic N) is 2. The largest absolute Gasteiger partial charge is 0.493 e. The summed E-state index contributed by atoms with van der Waals surface area (Å²) in [6, 6.07) is 57.3. The molecule has 2 saturated carbocycles. The number of aryl methyl sites for hydroxylation is 2. The lowest BCUT2D eigenvalue weighted by molar-refractivity contribution is -0.139. The zero-order valence-electron chi connectivity index (χ0n) is 76.7. The number of epoxide rings is 2. The van der Waals surface area contributed by atoms with E-state index >= 15 is 8.78 Å². The molecule has 0 aromatic heterocycles. The third kappa shape index (κ3) is 25.4. The van der Waals surface area contributed by atoms with Crippen molar-refractivity contribution in [2.75, 3.05) is 66.1 Å². The summed E-state index contributed by atoms with van der Waals surface area (Å²) in [5.41, 5.74) is 4.81. The van der Waals surface area contributed by atoms with E-state index in [1.54, 1.807) is 109 Å². The second-order valence-electron chi connectivity index (χ2n) is 34.6. The van der Waals surface area contributed by atoms with Gasteiger partial charge in [0, 0.05) is 74.7 Å². The number of halogens is 2. The molecule has 6 unspecified atom stereocenters. The van der Waals surface area contributed by atoms with Gasteiger partial charge in [-0.2, -0.15) is 5.26 Å². The molecule has 24 nitrogen and oxygen atoms in total. The molecule has 11 aromatic rings. The van der Waals surface area contributed by atoms with Crippen molar-refractivity contribution in [1.82, 2.24) is 0 Å². The van der Waals surface area contributed by atoms with Crippen LogP contribution >= 0.6 is 47.0 Å². The zero-order chi connectivity index (χ0) is 97.1. The van der Waals surface area contributed by atoms with Crippen molar-refractivity contribution >= 4 is 116 Å². The van der Waals surface area contributed by atoms with Gasteiger partial charge in [-0.1, -0.05) is 159 Å². The van der Waals surface area contributed by atoms with E-state index in [2.05, 4.69) is 18.7 Å². The zero-order valence-corrected chi connectivity index (χ0v) is 80.0. The third-order valence-corrected chi connectivity index (χ3v) is 30.0. The molecule has 11 aromatic carbocycles. The number of rotatable bonds is 42. The van der Waals surface area contributed by atoms with Crippen LogP contribution in [0.4, 0.5) is 8.78 Å². The van der Waals surface area contributed by atoms with Crippen LogP contribution in [0.5, 0.6) is 34.5 Å². The number of fused-ring (bicyclic) bond motifs is 6. The Morgan fingerprint density at radius 3 is 1.19 bits per heavy atom. The van der Waals surface area contributed by atoms with Crippen molar-refractivity contribution in [3.8, 4) is 40.6 Å². The molecule has 718 valence electrons. The van der Waals surface area contributed by atoms with E-state index in [1.807, 2.05) is 54.6 Å². The fraction of sp³-hybridized carbons (Fsp3) is 0.309. The summed E-state index contributed by atoms with van der Waals surface area (Å²) in [5, 5.41) is 13.7. The molecule has 4 heterocycles. The summed E-state index contributed by atoms with van der Waals surface area (Å²) in [5.74, 6) is -7.08. The Morgan fingerprint density at radius 1 is 0.379 bits per heavy atom. The van der Waals surface area contributed by atoms with E-state index in [0.717, 1.165) is 205 Å². The highest BCUT2D eigenvalue weighted by Crippen LogP contribution is 2.59. The first kappa shape index (κ1) is 98.5. The van der Waals surface area contributed by atoms with Crippen molar-refractivity contribution in [2.24, 2.45) is 11.8 Å². The van der Waals surface area contributed by atoms with Crippen LogP contribution < -0.4 is 28.4 Å². The molecular weight excluding hydrogens is 1870 g/mol. The molecule has 0 N–H and O–H groups in total. The molecule has 0 bridgehead atoms. The van der Waals surface area contributed by atoms with Crippen LogP contribution in [-0.2, 0) is 86.0 Å². The molecular formula is C110H98F2N2O22S4. The number of esters is 8. The highest BCUT2D eigenvalue weighted by Gasteiger charge is 2.45. The van der Waals surface area contributed by atoms with Gasteiger partial charge in [0.1, 0.15) is 29.1 Å². The molecule has 2 saturated heterocycles. The van der Waals surface area contributed by atoms with Crippen LogP contribution in [0.2, 0.25) is 0 Å². The third-order valence-electron chi connectivity index (χ3n) is 24.6. The number of thioether (sulfide) groups is 4. The average molecular weight is 1970 g/mol. The minimum Gasteiger partial charge on any atom is -0.493 e. The van der Waals surface area contributed by atoms with E-state index in [0.29, 0.717) is 116 Å². The molecule has 30 heteroatoms. The minimum absolute atomic E-state index is 0.00764. The van der Waals surface area contributed by atoms with E-state index in [1.165, 1.54) is 24.3 Å². The van der Waals surface area contributed by atoms with Gasteiger partial charge in [0.25, 0.3) is 5.70 Å². The standard InChI is InChI=1S/C110H98F2N2O22S4/c1-4-8-65-14-20-73(21-15-65)101(115)127-52-44-71-30-40-92(135-105(119)81-32-38-88(86(111)60-81)133-103(117)79-26-24-77-58-83(34-28-75(77)56-79)125-48-6-46-123-63-69-18-36-90-94(54-69)131-90)99-97(71)137-109(139-99)85(62-113)107(121)129-50-42-67-10-12-68(13-11-67)43-51-130-108(122)96(114-3)110-138-98-72(45-53-128-102(116)74-22-16-66(9-5-2)17-23-74)31-41-93(100(98)140-110)136-106(120)82-33-39-89(87(112)61-82)134-104(118)80-27-25-78-59-84(35-29-76(78)57-80)126-49-7-47-124-64-70-19-37-91-95(55-70)132-91/h10-17,20-35,38-41,56-61,69-70,90-91,94-95H,4-9,18-19,36-37,42-55,63-64H2,1-2H3/b109-85+,110-96-. The van der Waals surface area contributed by atoms with E-state index in [9.17, 15) is 43.6 Å². The van der Waals surface area contributed by atoms with Gasteiger partial charge >= 0.3 is 47.8 Å². The Labute approximate surface area is 824 Å². The first-order valence-corrected chi connectivity index (χ1v) is 50.0. The van der Waals surface area contributed by atoms with Crippen molar-refractivity contribution < 1.29 is 113 Å². The maximum atomic E-state index is 16.0. The predicted octanol–water partition coefficient (Wildman–Crippen LogP) is 22.3. The van der Waals surface area contributed by atoms with Crippen LogP contribution in [0.15, 0.2) is 246 Å². The summed E-state index contributed by atoms with van der Waals surface area (Å²) in [4.78, 5) is 115. The van der Waals surface area contributed by atoms with Crippen LogP contribution in [0, 0.1) is 41.4 Å². The Bertz CT molecular complexity index is 6300. The molecule has 17 rings (SSSR count). The quantitative estimate of drug-likeness (QED) is 0.00501. The molecule has 140 heavy (non-hydrogen) atoms. The van der Waals surface area contributed by atoms with Gasteiger partial charge in [-0.05, 0) is 239 Å². The van der Waals surface area contributed by atoms with Crippen molar-refractivity contribution in [1.29, 1.82) is 5.26 Å². The first-order chi connectivity index (χ1) is 68.2. The van der Waals surface area contributed by atoms with Gasteiger partial charge in [0.2, 0.25) is 0 Å². The lowest BCUT2D eigenvalue weighted by Gasteiger charge is -2.18. The van der Waals surface area contributed by atoms with Gasteiger partial charge < -0.3 is 66.3 Å². The molecule has 0 radical (unpaired) electrons. The number of carbonyl (C=O) groups excluding carboxylic acids is 8. The van der Waals surface area contributed by atoms with Crippen molar-refractivity contribution in [3.63, 3.8) is 0 Å². The Morgan fingerprint density at radius 2 is 0.750 bits per heavy atom. The molecule has 0 spiro atoms. The van der Waals surface area contributed by atoms with Gasteiger partial charge in [0.05, 0.1) is 122 Å². The maximum Gasteiger partial charge on any atom is 0.350 e. The highest BCUT2D eigenvalue weighted by atomic mass is 32.2. The average Bonchev–Trinajstić information content (AvgIpc) is 1.60. The summed E-state index contributed by atoms with van der Waals surface area (Å²) < 4.78 is 113. The molecule has 0 amide bonds. The lowest BCUT2D eigenvalue weighted by Crippen LogP contribution is -2.19. The first-order valence-electron chi connectivity index (χ1n) is 46.8. The topological polar surface area (TPSA) is 301 Å². The van der Waals surface area contributed by atoms with Gasteiger partial charge in [0.15, 0.2) is 28.7 Å². The molecule has 6 atom stereocenters. The van der Waals surface area contributed by atoms with E-state index in [4.69, 9.17) is 72.9 Å². The SMILES string of the molecule is [C-]#[N+]/C(C(=O)OCCc1ccc(CCOC(=O)/C(C#N)=C2\Sc3c(CCOC(=O)c4ccc(CCC)cc4)ccc(OC(=O)c4ccc(OC(=O)c5ccc6cc(OCCCOCC7CCC8OC8C7)ccc6c5)c(F)c4)c3S2)cc1)=C1/Sc2c(CCOC(=O)c3ccc(CCC)cc3)ccc(OC(=O)c3ccc(OC(=O)c4ccc5cc(OCCCOCC6CCC7OC7C6)ccc5c4)c(F)c3)c2S1. The number of nitriles is 1. The van der Waals surface area contributed by atoms with Crippen LogP contribution in [0.25, 0.3) is 26.4 Å². The van der Waals surface area contributed by atoms with Gasteiger partial charge in [-0.25, -0.2) is 47.2 Å². The molecule has 2 aliphatic carbocycles. The lowest BCUT2D eigenvalue weighted by atomic mass is 9.90. The fourth-order valence-electron chi connectivity index (χ4n) is 16.9. The number of hydrogen-bond donors (Lipinski definition) is 0. The second-order valence-corrected chi connectivity index (χ2v) is 39.2. The van der Waals surface area contributed by atoms with E-state index in [-0.39, 0.29) is 106 Å².